The summed E-state index contributed by atoms with van der Waals surface area (Å²) in [4.78, 5) is 8.98. The van der Waals surface area contributed by atoms with Crippen LogP contribution in [-0.2, 0) is 11.3 Å². The number of aryl methyl sites for hydroxylation is 1. The van der Waals surface area contributed by atoms with Crippen LogP contribution in [0.5, 0.6) is 11.5 Å². The molecule has 2 aliphatic heterocycles. The summed E-state index contributed by atoms with van der Waals surface area (Å²) in [5, 5.41) is 6.62. The van der Waals surface area contributed by atoms with Crippen molar-refractivity contribution < 1.29 is 14.2 Å². The second kappa shape index (κ2) is 7.14. The number of ether oxygens (including phenoxy) is 3. The average Bonchev–Trinajstić information content (AvgIpc) is 3.28. The highest BCUT2D eigenvalue weighted by Gasteiger charge is 2.16. The molecule has 2 aliphatic rings. The van der Waals surface area contributed by atoms with Crippen LogP contribution in [0.1, 0.15) is 24.1 Å². The van der Waals surface area contributed by atoms with Gasteiger partial charge in [0.2, 0.25) is 12.7 Å². The van der Waals surface area contributed by atoms with Crippen LogP contribution in [0, 0.1) is 6.92 Å². The van der Waals surface area contributed by atoms with Crippen molar-refractivity contribution in [3.63, 3.8) is 0 Å². The summed E-state index contributed by atoms with van der Waals surface area (Å²) in [5.74, 6) is 3.00. The Balaban J connectivity index is 1.38. The summed E-state index contributed by atoms with van der Waals surface area (Å²) in [6.45, 7) is 4.49. The van der Waals surface area contributed by atoms with Gasteiger partial charge in [0.25, 0.3) is 0 Å². The minimum atomic E-state index is 0.258. The van der Waals surface area contributed by atoms with Crippen LogP contribution in [-0.4, -0.2) is 36.0 Å². The smallest absolute Gasteiger partial charge is 0.231 e. The molecule has 2 aromatic rings. The largest absolute Gasteiger partial charge is 0.454 e. The molecule has 7 nitrogen and oxygen atoms in total. The normalized spacial score (nSPS) is 18.4. The highest BCUT2D eigenvalue weighted by atomic mass is 16.7. The van der Waals surface area contributed by atoms with Crippen LogP contribution in [0.3, 0.4) is 0 Å². The van der Waals surface area contributed by atoms with Crippen LogP contribution in [0.15, 0.2) is 24.3 Å². The van der Waals surface area contributed by atoms with Crippen LogP contribution in [0.4, 0.5) is 11.8 Å². The van der Waals surface area contributed by atoms with E-state index in [2.05, 4.69) is 20.6 Å². The third-order valence-corrected chi connectivity index (χ3v) is 4.28. The van der Waals surface area contributed by atoms with Gasteiger partial charge in [-0.25, -0.2) is 4.98 Å². The van der Waals surface area contributed by atoms with Crippen molar-refractivity contribution in [2.24, 2.45) is 0 Å². The zero-order chi connectivity index (χ0) is 17.1. The Labute approximate surface area is 146 Å². The molecule has 1 aromatic carbocycles. The van der Waals surface area contributed by atoms with Crippen LogP contribution in [0.2, 0.25) is 0 Å². The zero-order valence-electron chi connectivity index (χ0n) is 14.2. The van der Waals surface area contributed by atoms with Gasteiger partial charge in [-0.1, -0.05) is 6.07 Å². The van der Waals surface area contributed by atoms with E-state index in [4.69, 9.17) is 14.2 Å². The monoisotopic (exact) mass is 342 g/mol. The topological polar surface area (TPSA) is 77.5 Å². The lowest BCUT2D eigenvalue weighted by Crippen LogP contribution is -2.20. The van der Waals surface area contributed by atoms with Crippen molar-refractivity contribution in [3.8, 4) is 11.5 Å². The van der Waals surface area contributed by atoms with Gasteiger partial charge < -0.3 is 24.8 Å². The summed E-state index contributed by atoms with van der Waals surface area (Å²) in [6.07, 6.45) is 2.48. The molecule has 0 saturated carbocycles. The van der Waals surface area contributed by atoms with E-state index < -0.39 is 0 Å². The number of hydrogen-bond acceptors (Lipinski definition) is 7. The first kappa shape index (κ1) is 16.0. The van der Waals surface area contributed by atoms with E-state index in [-0.39, 0.29) is 12.9 Å². The van der Waals surface area contributed by atoms with Crippen LogP contribution in [0.25, 0.3) is 0 Å². The summed E-state index contributed by atoms with van der Waals surface area (Å²) < 4.78 is 16.4. The van der Waals surface area contributed by atoms with E-state index in [9.17, 15) is 0 Å². The van der Waals surface area contributed by atoms with Gasteiger partial charge in [-0.3, -0.25) is 0 Å². The van der Waals surface area contributed by atoms with Gasteiger partial charge in [-0.15, -0.1) is 0 Å². The Hall–Kier alpha value is -2.54. The molecule has 2 N–H and O–H groups in total. The molecule has 0 amide bonds. The maximum Gasteiger partial charge on any atom is 0.231 e. The summed E-state index contributed by atoms with van der Waals surface area (Å²) in [7, 11) is 0. The molecule has 0 radical (unpaired) electrons. The average molecular weight is 342 g/mol. The van der Waals surface area contributed by atoms with E-state index >= 15 is 0 Å². The molecule has 0 bridgehead atoms. The second-order valence-electron chi connectivity index (χ2n) is 6.28. The molecule has 1 fully saturated rings. The number of benzene rings is 1. The minimum Gasteiger partial charge on any atom is -0.454 e. The van der Waals surface area contributed by atoms with Crippen molar-refractivity contribution in [3.05, 3.63) is 35.5 Å². The molecule has 7 heteroatoms. The standard InChI is InChI=1S/C18H22N4O3/c1-12-7-17(22-18(21-12)20-10-14-3-2-6-23-14)19-9-13-4-5-15-16(8-13)25-11-24-15/h4-5,7-8,14H,2-3,6,9-11H2,1H3,(H2,19,20,21,22). The van der Waals surface area contributed by atoms with Gasteiger partial charge >= 0.3 is 0 Å². The molecule has 1 unspecified atom stereocenters. The maximum atomic E-state index is 5.62. The number of aromatic nitrogens is 2. The molecule has 25 heavy (non-hydrogen) atoms. The SMILES string of the molecule is Cc1cc(NCc2ccc3c(c2)OCO3)nc(NCC2CCCO2)n1. The first-order valence-electron chi connectivity index (χ1n) is 8.60. The number of fused-ring (bicyclic) bond motifs is 1. The van der Waals surface area contributed by atoms with Crippen molar-refractivity contribution in [2.45, 2.75) is 32.4 Å². The first-order valence-corrected chi connectivity index (χ1v) is 8.60. The predicted octanol–water partition coefficient (Wildman–Crippen LogP) is 2.72. The quantitative estimate of drug-likeness (QED) is 0.836. The van der Waals surface area contributed by atoms with E-state index in [0.717, 1.165) is 54.6 Å². The first-order chi connectivity index (χ1) is 12.3. The highest BCUT2D eigenvalue weighted by Crippen LogP contribution is 2.32. The molecule has 132 valence electrons. The number of nitrogens with zero attached hydrogens (tertiary/aromatic N) is 2. The molecule has 3 heterocycles. The predicted molar refractivity (Wildman–Crippen MR) is 94.1 cm³/mol. The van der Waals surface area contributed by atoms with Gasteiger partial charge in [-0.2, -0.15) is 4.98 Å². The fraction of sp³-hybridized carbons (Fsp3) is 0.444. The Morgan fingerprint density at radius 2 is 2.04 bits per heavy atom. The molecule has 4 rings (SSSR count). The van der Waals surface area contributed by atoms with Gasteiger partial charge in [0, 0.05) is 31.5 Å². The molecule has 1 saturated heterocycles. The van der Waals surface area contributed by atoms with Gasteiger partial charge in [0.05, 0.1) is 6.10 Å². The Morgan fingerprint density at radius 3 is 2.92 bits per heavy atom. The molecule has 0 spiro atoms. The molecule has 0 aliphatic carbocycles. The van der Waals surface area contributed by atoms with E-state index in [1.165, 1.54) is 0 Å². The molecule has 1 atom stereocenters. The Bertz CT molecular complexity index is 747. The lowest BCUT2D eigenvalue weighted by Gasteiger charge is -2.13. The van der Waals surface area contributed by atoms with Crippen molar-refractivity contribution in [1.82, 2.24) is 9.97 Å². The fourth-order valence-electron chi connectivity index (χ4n) is 2.99. The Morgan fingerprint density at radius 1 is 1.12 bits per heavy atom. The number of anilines is 2. The number of hydrogen-bond donors (Lipinski definition) is 2. The lowest BCUT2D eigenvalue weighted by atomic mass is 10.2. The van der Waals surface area contributed by atoms with Crippen LogP contribution >= 0.6 is 0 Å². The van der Waals surface area contributed by atoms with Gasteiger partial charge in [0.1, 0.15) is 5.82 Å². The van der Waals surface area contributed by atoms with Crippen molar-refractivity contribution in [1.29, 1.82) is 0 Å². The van der Waals surface area contributed by atoms with Gasteiger partial charge in [0.15, 0.2) is 11.5 Å². The summed E-state index contributed by atoms with van der Waals surface area (Å²) in [5.41, 5.74) is 2.02. The van der Waals surface area contributed by atoms with E-state index in [0.29, 0.717) is 12.5 Å². The third kappa shape index (κ3) is 3.93. The highest BCUT2D eigenvalue weighted by molar-refractivity contribution is 5.47. The lowest BCUT2D eigenvalue weighted by molar-refractivity contribution is 0.120. The van der Waals surface area contributed by atoms with Crippen molar-refractivity contribution in [2.75, 3.05) is 30.6 Å². The second-order valence-corrected chi connectivity index (χ2v) is 6.28. The summed E-state index contributed by atoms with van der Waals surface area (Å²) >= 11 is 0. The summed E-state index contributed by atoms with van der Waals surface area (Å²) in [6, 6.07) is 7.87. The Kier molecular flexibility index (Phi) is 4.56. The molecular formula is C18H22N4O3. The maximum absolute atomic E-state index is 5.62. The number of rotatable bonds is 6. The van der Waals surface area contributed by atoms with Crippen LogP contribution < -0.4 is 20.1 Å². The third-order valence-electron chi connectivity index (χ3n) is 4.28. The van der Waals surface area contributed by atoms with E-state index in [1.54, 1.807) is 0 Å². The fourth-order valence-corrected chi connectivity index (χ4v) is 2.99. The van der Waals surface area contributed by atoms with Crippen molar-refractivity contribution >= 4 is 11.8 Å². The number of nitrogens with one attached hydrogen (secondary N) is 2. The molecule has 1 aromatic heterocycles. The van der Waals surface area contributed by atoms with E-state index in [1.807, 2.05) is 31.2 Å². The minimum absolute atomic E-state index is 0.258. The zero-order valence-corrected chi connectivity index (χ0v) is 14.2. The van der Waals surface area contributed by atoms with Gasteiger partial charge in [-0.05, 0) is 37.5 Å². The molecular weight excluding hydrogens is 320 g/mol.